The number of nitrogens with two attached hydrogens (primary N) is 1. The highest BCUT2D eigenvalue weighted by molar-refractivity contribution is 5.56. The predicted molar refractivity (Wildman–Crippen MR) is 80.3 cm³/mol. The molecule has 0 aromatic heterocycles. The molecule has 106 valence electrons. The first-order valence-corrected chi connectivity index (χ1v) is 6.94. The van der Waals surface area contributed by atoms with Gasteiger partial charge in [-0.25, -0.2) is 4.39 Å². The van der Waals surface area contributed by atoms with Gasteiger partial charge in [-0.15, -0.1) is 0 Å². The summed E-state index contributed by atoms with van der Waals surface area (Å²) < 4.78 is 13.4. The Kier molecular flexibility index (Phi) is 3.59. The first-order valence-electron chi connectivity index (χ1n) is 6.94. The third-order valence-electron chi connectivity index (χ3n) is 3.79. The Morgan fingerprint density at radius 1 is 1.29 bits per heavy atom. The maximum absolute atomic E-state index is 13.4. The van der Waals surface area contributed by atoms with Crippen molar-refractivity contribution in [3.05, 3.63) is 65.0 Å². The van der Waals surface area contributed by atoms with E-state index in [0.717, 1.165) is 18.5 Å². The number of halogens is 1. The van der Waals surface area contributed by atoms with Crippen LogP contribution in [-0.4, -0.2) is 12.6 Å². The Balaban J connectivity index is 1.90. The zero-order valence-electron chi connectivity index (χ0n) is 11.6. The summed E-state index contributed by atoms with van der Waals surface area (Å²) in [6.07, 6.45) is 0.875. The van der Waals surface area contributed by atoms with E-state index in [1.165, 1.54) is 17.3 Å². The molecule has 0 saturated heterocycles. The number of hydrogen-bond donors (Lipinski definition) is 1. The summed E-state index contributed by atoms with van der Waals surface area (Å²) in [5.41, 5.74) is 9.52. The Morgan fingerprint density at radius 2 is 2.10 bits per heavy atom. The van der Waals surface area contributed by atoms with Gasteiger partial charge >= 0.3 is 0 Å². The van der Waals surface area contributed by atoms with Crippen LogP contribution < -0.4 is 10.6 Å². The van der Waals surface area contributed by atoms with Gasteiger partial charge in [-0.1, -0.05) is 24.3 Å². The van der Waals surface area contributed by atoms with Gasteiger partial charge in [0.25, 0.3) is 0 Å². The van der Waals surface area contributed by atoms with Crippen molar-refractivity contribution in [2.75, 3.05) is 11.4 Å². The summed E-state index contributed by atoms with van der Waals surface area (Å²) in [5.74, 6) is -0.475. The summed E-state index contributed by atoms with van der Waals surface area (Å²) in [6.45, 7) is 1.38. The molecule has 4 heteroatoms. The van der Waals surface area contributed by atoms with E-state index in [9.17, 15) is 4.39 Å². The lowest BCUT2D eigenvalue weighted by molar-refractivity contribution is 0.596. The SMILES string of the molecule is N#Cc1cc(CN2CC(N)Cc3ccccc32)ccc1F. The fourth-order valence-corrected chi connectivity index (χ4v) is 2.85. The Hall–Kier alpha value is -2.38. The molecule has 2 aromatic carbocycles. The lowest BCUT2D eigenvalue weighted by Crippen LogP contribution is -2.42. The van der Waals surface area contributed by atoms with Crippen molar-refractivity contribution in [3.8, 4) is 6.07 Å². The first kappa shape index (κ1) is 13.6. The van der Waals surface area contributed by atoms with Crippen molar-refractivity contribution in [2.24, 2.45) is 5.73 Å². The molecular weight excluding hydrogens is 265 g/mol. The molecule has 0 aliphatic carbocycles. The average molecular weight is 281 g/mol. The molecule has 0 amide bonds. The minimum absolute atomic E-state index is 0.0853. The summed E-state index contributed by atoms with van der Waals surface area (Å²) >= 11 is 0. The summed E-state index contributed by atoms with van der Waals surface area (Å²) in [6, 6.07) is 14.8. The van der Waals surface area contributed by atoms with Crippen molar-refractivity contribution < 1.29 is 4.39 Å². The second kappa shape index (κ2) is 5.55. The van der Waals surface area contributed by atoms with Crippen LogP contribution in [0.1, 0.15) is 16.7 Å². The number of benzene rings is 2. The van der Waals surface area contributed by atoms with Gasteiger partial charge in [0.1, 0.15) is 11.9 Å². The normalized spacial score (nSPS) is 17.2. The van der Waals surface area contributed by atoms with Crippen LogP contribution in [0, 0.1) is 17.1 Å². The molecule has 0 fully saturated rings. The second-order valence-corrected chi connectivity index (χ2v) is 5.40. The van der Waals surface area contributed by atoms with Gasteiger partial charge in [0.05, 0.1) is 5.56 Å². The quantitative estimate of drug-likeness (QED) is 0.920. The van der Waals surface area contributed by atoms with Crippen LogP contribution in [0.5, 0.6) is 0 Å². The lowest BCUT2D eigenvalue weighted by atomic mass is 9.98. The molecule has 1 atom stereocenters. The summed E-state index contributed by atoms with van der Waals surface area (Å²) in [7, 11) is 0. The van der Waals surface area contributed by atoms with Crippen LogP contribution >= 0.6 is 0 Å². The van der Waals surface area contributed by atoms with Crippen molar-refractivity contribution in [3.63, 3.8) is 0 Å². The highest BCUT2D eigenvalue weighted by Crippen LogP contribution is 2.28. The van der Waals surface area contributed by atoms with Gasteiger partial charge in [0.2, 0.25) is 0 Å². The third-order valence-corrected chi connectivity index (χ3v) is 3.79. The van der Waals surface area contributed by atoms with Gasteiger partial charge < -0.3 is 10.6 Å². The predicted octanol–water partition coefficient (Wildman–Crippen LogP) is 2.59. The van der Waals surface area contributed by atoms with E-state index in [-0.39, 0.29) is 11.6 Å². The standard InChI is InChI=1S/C17H16FN3/c18-16-6-5-12(7-14(16)9-19)10-21-11-15(20)8-13-3-1-2-4-17(13)21/h1-7,15H,8,10-11,20H2. The fourth-order valence-electron chi connectivity index (χ4n) is 2.85. The highest BCUT2D eigenvalue weighted by atomic mass is 19.1. The third kappa shape index (κ3) is 2.74. The van der Waals surface area contributed by atoms with E-state index in [0.29, 0.717) is 6.54 Å². The molecule has 0 bridgehead atoms. The first-order chi connectivity index (χ1) is 10.2. The molecule has 0 saturated carbocycles. The molecule has 3 rings (SSSR count). The highest BCUT2D eigenvalue weighted by Gasteiger charge is 2.21. The molecule has 0 radical (unpaired) electrons. The Morgan fingerprint density at radius 3 is 2.90 bits per heavy atom. The maximum Gasteiger partial charge on any atom is 0.140 e. The minimum Gasteiger partial charge on any atom is -0.365 e. The molecule has 1 aliphatic heterocycles. The van der Waals surface area contributed by atoms with Crippen molar-refractivity contribution in [2.45, 2.75) is 19.0 Å². The van der Waals surface area contributed by atoms with E-state index < -0.39 is 5.82 Å². The van der Waals surface area contributed by atoms with E-state index in [1.54, 1.807) is 12.1 Å². The Labute approximate surface area is 123 Å². The van der Waals surface area contributed by atoms with Gasteiger partial charge in [-0.3, -0.25) is 0 Å². The monoisotopic (exact) mass is 281 g/mol. The number of nitrogens with zero attached hydrogens (tertiary/aromatic N) is 2. The van der Waals surface area contributed by atoms with Gasteiger partial charge in [-0.05, 0) is 35.7 Å². The summed E-state index contributed by atoms with van der Waals surface area (Å²) in [5, 5.41) is 8.92. The van der Waals surface area contributed by atoms with E-state index in [2.05, 4.69) is 17.0 Å². The van der Waals surface area contributed by atoms with Crippen molar-refractivity contribution in [1.29, 1.82) is 5.26 Å². The number of anilines is 1. The zero-order valence-corrected chi connectivity index (χ0v) is 11.6. The zero-order chi connectivity index (χ0) is 14.8. The van der Waals surface area contributed by atoms with Crippen LogP contribution in [0.25, 0.3) is 0 Å². The molecule has 3 nitrogen and oxygen atoms in total. The molecular formula is C17H16FN3. The molecule has 2 N–H and O–H groups in total. The van der Waals surface area contributed by atoms with E-state index in [1.807, 2.05) is 18.2 Å². The van der Waals surface area contributed by atoms with Crippen LogP contribution in [0.4, 0.5) is 10.1 Å². The molecule has 21 heavy (non-hydrogen) atoms. The number of nitriles is 1. The van der Waals surface area contributed by atoms with Gasteiger partial charge in [0.15, 0.2) is 0 Å². The maximum atomic E-state index is 13.4. The largest absolute Gasteiger partial charge is 0.365 e. The van der Waals surface area contributed by atoms with E-state index >= 15 is 0 Å². The van der Waals surface area contributed by atoms with Gasteiger partial charge in [0, 0.05) is 24.8 Å². The molecule has 0 spiro atoms. The van der Waals surface area contributed by atoms with Crippen LogP contribution in [0.15, 0.2) is 42.5 Å². The molecule has 1 heterocycles. The van der Waals surface area contributed by atoms with Gasteiger partial charge in [-0.2, -0.15) is 5.26 Å². The summed E-state index contributed by atoms with van der Waals surface area (Å²) in [4.78, 5) is 2.19. The van der Waals surface area contributed by atoms with E-state index in [4.69, 9.17) is 11.0 Å². The fraction of sp³-hybridized carbons (Fsp3) is 0.235. The number of fused-ring (bicyclic) bond motifs is 1. The number of hydrogen-bond acceptors (Lipinski definition) is 3. The molecule has 2 aromatic rings. The lowest BCUT2D eigenvalue weighted by Gasteiger charge is -2.34. The molecule has 1 aliphatic rings. The van der Waals surface area contributed by atoms with Crippen LogP contribution in [0.2, 0.25) is 0 Å². The van der Waals surface area contributed by atoms with Crippen molar-refractivity contribution >= 4 is 5.69 Å². The van der Waals surface area contributed by atoms with Crippen LogP contribution in [0.3, 0.4) is 0 Å². The Bertz CT molecular complexity index is 705. The second-order valence-electron chi connectivity index (χ2n) is 5.40. The smallest absolute Gasteiger partial charge is 0.140 e. The molecule has 1 unspecified atom stereocenters. The number of para-hydroxylation sites is 1. The topological polar surface area (TPSA) is 53.0 Å². The van der Waals surface area contributed by atoms with Crippen molar-refractivity contribution in [1.82, 2.24) is 0 Å². The minimum atomic E-state index is -0.475. The number of rotatable bonds is 2. The average Bonchev–Trinajstić information content (AvgIpc) is 2.49. The van der Waals surface area contributed by atoms with Crippen LogP contribution in [-0.2, 0) is 13.0 Å².